The Morgan fingerprint density at radius 1 is 1.09 bits per heavy atom. The Labute approximate surface area is 206 Å². The van der Waals surface area contributed by atoms with Gasteiger partial charge in [-0.05, 0) is 55.5 Å². The number of methoxy groups -OCH3 is 1. The van der Waals surface area contributed by atoms with Gasteiger partial charge in [-0.3, -0.25) is 4.79 Å². The SMILES string of the molecule is CCN(CC)c1ccc(C2C3=C(CC(C)(C)CC3=O)Nc3nc(-c4ccccc4OC)nn32)cc1. The summed E-state index contributed by atoms with van der Waals surface area (Å²) in [6.45, 7) is 10.5. The van der Waals surface area contributed by atoms with Crippen LogP contribution >= 0.6 is 0 Å². The van der Waals surface area contributed by atoms with Crippen LogP contribution in [0, 0.1) is 5.41 Å². The van der Waals surface area contributed by atoms with Crippen LogP contribution in [-0.2, 0) is 4.79 Å². The van der Waals surface area contributed by atoms with E-state index in [-0.39, 0.29) is 17.2 Å². The quantitative estimate of drug-likeness (QED) is 0.515. The molecule has 1 atom stereocenters. The van der Waals surface area contributed by atoms with Crippen LogP contribution in [0.3, 0.4) is 0 Å². The smallest absolute Gasteiger partial charge is 0.226 e. The van der Waals surface area contributed by atoms with Crippen molar-refractivity contribution in [1.82, 2.24) is 14.8 Å². The van der Waals surface area contributed by atoms with Gasteiger partial charge in [-0.2, -0.15) is 4.98 Å². The van der Waals surface area contributed by atoms with Crippen molar-refractivity contribution in [2.75, 3.05) is 30.4 Å². The third-order valence-corrected chi connectivity index (χ3v) is 7.02. The first-order chi connectivity index (χ1) is 16.8. The number of allylic oxidation sites excluding steroid dienone is 2. The number of carbonyl (C=O) groups is 1. The van der Waals surface area contributed by atoms with Crippen LogP contribution in [0.2, 0.25) is 0 Å². The fourth-order valence-electron chi connectivity index (χ4n) is 5.32. The van der Waals surface area contributed by atoms with Gasteiger partial charge in [0, 0.05) is 36.5 Å². The van der Waals surface area contributed by atoms with E-state index in [9.17, 15) is 4.79 Å². The molecule has 3 aromatic rings. The predicted molar refractivity (Wildman–Crippen MR) is 139 cm³/mol. The van der Waals surface area contributed by atoms with E-state index in [4.69, 9.17) is 14.8 Å². The summed E-state index contributed by atoms with van der Waals surface area (Å²) in [5, 5.41) is 8.36. The number of benzene rings is 2. The molecule has 1 N–H and O–H groups in total. The average Bonchev–Trinajstić information content (AvgIpc) is 3.26. The predicted octanol–water partition coefficient (Wildman–Crippen LogP) is 5.46. The Bertz CT molecular complexity index is 1280. The van der Waals surface area contributed by atoms with Crippen molar-refractivity contribution in [3.8, 4) is 17.1 Å². The second-order valence-corrected chi connectivity index (χ2v) is 10.0. The molecular weight excluding hydrogens is 438 g/mol. The number of ether oxygens (including phenoxy) is 1. The summed E-state index contributed by atoms with van der Waals surface area (Å²) < 4.78 is 7.42. The summed E-state index contributed by atoms with van der Waals surface area (Å²) >= 11 is 0. The third kappa shape index (κ3) is 4.09. The summed E-state index contributed by atoms with van der Waals surface area (Å²) in [5.74, 6) is 2.10. The minimum absolute atomic E-state index is 0.103. The van der Waals surface area contributed by atoms with Gasteiger partial charge in [-0.25, -0.2) is 4.68 Å². The van der Waals surface area contributed by atoms with Crippen LogP contribution in [0.4, 0.5) is 11.6 Å². The molecule has 7 nitrogen and oxygen atoms in total. The Morgan fingerprint density at radius 2 is 1.80 bits per heavy atom. The summed E-state index contributed by atoms with van der Waals surface area (Å²) in [5.41, 5.74) is 4.67. The number of nitrogens with one attached hydrogen (secondary N) is 1. The molecule has 0 bridgehead atoms. The number of para-hydroxylation sites is 1. The van der Waals surface area contributed by atoms with Crippen LogP contribution in [0.1, 0.15) is 52.1 Å². The molecule has 7 heteroatoms. The maximum Gasteiger partial charge on any atom is 0.226 e. The molecule has 2 heterocycles. The normalized spacial score (nSPS) is 18.5. The number of anilines is 2. The second kappa shape index (κ2) is 8.87. The van der Waals surface area contributed by atoms with Crippen LogP contribution in [-0.4, -0.2) is 40.7 Å². The highest BCUT2D eigenvalue weighted by Gasteiger charge is 2.42. The summed E-state index contributed by atoms with van der Waals surface area (Å²) in [7, 11) is 1.65. The molecule has 0 spiro atoms. The molecule has 0 saturated heterocycles. The standard InChI is InChI=1S/C28H33N5O2/c1-6-32(7-2)19-14-12-18(13-15-19)25-24-21(16-28(3,4)17-22(24)34)29-27-30-26(31-33(25)27)20-10-8-9-11-23(20)35-5/h8-15,25H,6-7,16-17H2,1-5H3,(H,29,30,31). The van der Waals surface area contributed by atoms with Crippen molar-refractivity contribution >= 4 is 17.4 Å². The van der Waals surface area contributed by atoms with Gasteiger partial charge >= 0.3 is 0 Å². The lowest BCUT2D eigenvalue weighted by Gasteiger charge is -2.38. The zero-order valence-electron chi connectivity index (χ0n) is 21.1. The molecule has 1 aliphatic heterocycles. The van der Waals surface area contributed by atoms with Gasteiger partial charge in [0.25, 0.3) is 0 Å². The molecule has 2 aliphatic rings. The first kappa shape index (κ1) is 23.1. The largest absolute Gasteiger partial charge is 0.496 e. The number of fused-ring (bicyclic) bond motifs is 1. The highest BCUT2D eigenvalue weighted by Crippen LogP contribution is 2.46. The summed E-state index contributed by atoms with van der Waals surface area (Å²) in [4.78, 5) is 20.7. The lowest BCUT2D eigenvalue weighted by molar-refractivity contribution is -0.118. The van der Waals surface area contributed by atoms with Gasteiger partial charge in [0.1, 0.15) is 11.8 Å². The Balaban J connectivity index is 1.64. The summed E-state index contributed by atoms with van der Waals surface area (Å²) in [6, 6.07) is 15.9. The Morgan fingerprint density at radius 3 is 2.49 bits per heavy atom. The highest BCUT2D eigenvalue weighted by atomic mass is 16.5. The monoisotopic (exact) mass is 471 g/mol. The molecule has 2 aromatic carbocycles. The number of hydrogen-bond acceptors (Lipinski definition) is 6. The lowest BCUT2D eigenvalue weighted by Crippen LogP contribution is -2.36. The fourth-order valence-corrected chi connectivity index (χ4v) is 5.32. The number of carbonyl (C=O) groups excluding carboxylic acids is 1. The number of rotatable bonds is 6. The van der Waals surface area contributed by atoms with Crippen LogP contribution in [0.5, 0.6) is 5.75 Å². The van der Waals surface area contributed by atoms with Gasteiger partial charge in [0.05, 0.1) is 12.7 Å². The van der Waals surface area contributed by atoms with Crippen LogP contribution < -0.4 is 15.0 Å². The zero-order chi connectivity index (χ0) is 24.7. The van der Waals surface area contributed by atoms with E-state index in [0.29, 0.717) is 23.9 Å². The molecular formula is C28H33N5O2. The van der Waals surface area contributed by atoms with E-state index in [0.717, 1.165) is 41.9 Å². The number of ketones is 1. The molecule has 182 valence electrons. The number of nitrogens with zero attached hydrogens (tertiary/aromatic N) is 4. The average molecular weight is 472 g/mol. The molecule has 35 heavy (non-hydrogen) atoms. The number of Topliss-reactive ketones (excluding diaryl/α,β-unsaturated/α-hetero) is 1. The summed E-state index contributed by atoms with van der Waals surface area (Å²) in [6.07, 6.45) is 1.31. The van der Waals surface area contributed by atoms with E-state index in [1.54, 1.807) is 7.11 Å². The van der Waals surface area contributed by atoms with Gasteiger partial charge in [-0.15, -0.1) is 5.10 Å². The minimum Gasteiger partial charge on any atom is -0.496 e. The van der Waals surface area contributed by atoms with Crippen molar-refractivity contribution in [2.24, 2.45) is 5.41 Å². The fraction of sp³-hybridized carbons (Fsp3) is 0.393. The van der Waals surface area contributed by atoms with Crippen molar-refractivity contribution in [2.45, 2.75) is 46.6 Å². The van der Waals surface area contributed by atoms with Crippen LogP contribution in [0.15, 0.2) is 59.8 Å². The molecule has 0 radical (unpaired) electrons. The molecule has 1 unspecified atom stereocenters. The molecule has 1 aliphatic carbocycles. The Hall–Kier alpha value is -3.61. The van der Waals surface area contributed by atoms with Gasteiger partial charge in [0.2, 0.25) is 5.95 Å². The number of hydrogen-bond donors (Lipinski definition) is 1. The van der Waals surface area contributed by atoms with Crippen molar-refractivity contribution in [3.63, 3.8) is 0 Å². The lowest BCUT2D eigenvalue weighted by atomic mass is 9.73. The molecule has 1 aromatic heterocycles. The zero-order valence-corrected chi connectivity index (χ0v) is 21.1. The van der Waals surface area contributed by atoms with Gasteiger partial charge in [0.15, 0.2) is 11.6 Å². The first-order valence-corrected chi connectivity index (χ1v) is 12.3. The van der Waals surface area contributed by atoms with E-state index in [1.165, 1.54) is 5.69 Å². The van der Waals surface area contributed by atoms with Gasteiger partial charge in [-0.1, -0.05) is 38.1 Å². The first-order valence-electron chi connectivity index (χ1n) is 12.3. The third-order valence-electron chi connectivity index (χ3n) is 7.02. The van der Waals surface area contributed by atoms with E-state index in [2.05, 4.69) is 62.2 Å². The minimum atomic E-state index is -0.327. The Kier molecular flexibility index (Phi) is 5.87. The van der Waals surface area contributed by atoms with Crippen molar-refractivity contribution in [3.05, 3.63) is 65.4 Å². The van der Waals surface area contributed by atoms with Crippen molar-refractivity contribution < 1.29 is 9.53 Å². The highest BCUT2D eigenvalue weighted by molar-refractivity contribution is 6.00. The van der Waals surface area contributed by atoms with Crippen LogP contribution in [0.25, 0.3) is 11.4 Å². The van der Waals surface area contributed by atoms with E-state index >= 15 is 0 Å². The molecule has 0 amide bonds. The number of aromatic nitrogens is 3. The molecule has 0 fully saturated rings. The van der Waals surface area contributed by atoms with Crippen molar-refractivity contribution in [1.29, 1.82) is 0 Å². The topological polar surface area (TPSA) is 72.3 Å². The molecule has 5 rings (SSSR count). The maximum atomic E-state index is 13.5. The van der Waals surface area contributed by atoms with E-state index < -0.39 is 0 Å². The van der Waals surface area contributed by atoms with E-state index in [1.807, 2.05) is 28.9 Å². The molecule has 0 saturated carbocycles. The maximum absolute atomic E-state index is 13.5. The van der Waals surface area contributed by atoms with Gasteiger partial charge < -0.3 is 15.0 Å². The second-order valence-electron chi connectivity index (χ2n) is 10.0.